The summed E-state index contributed by atoms with van der Waals surface area (Å²) in [4.78, 5) is 41.3. The van der Waals surface area contributed by atoms with Crippen molar-refractivity contribution in [3.63, 3.8) is 0 Å². The van der Waals surface area contributed by atoms with E-state index in [0.717, 1.165) is 13.3 Å². The summed E-state index contributed by atoms with van der Waals surface area (Å²) in [5.74, 6) is -0.653. The SMILES string of the molecule is C[PH]([O-])([O-])C[PH](C)([O-])[O-].[Zn+2].[Zn+2]. The van der Waals surface area contributed by atoms with Crippen LogP contribution in [0.15, 0.2) is 0 Å². The van der Waals surface area contributed by atoms with E-state index in [9.17, 15) is 19.6 Å². The molecule has 0 rings (SSSR count). The second-order valence-corrected chi connectivity index (χ2v) is 8.39. The van der Waals surface area contributed by atoms with Gasteiger partial charge >= 0.3 is 93.2 Å². The van der Waals surface area contributed by atoms with Gasteiger partial charge in [-0.25, -0.2) is 0 Å². The predicted octanol–water partition coefficient (Wildman–Crippen LogP) is -3.20. The second kappa shape index (κ2) is 6.41. The molecule has 0 amide bonds. The van der Waals surface area contributed by atoms with Crippen molar-refractivity contribution in [2.75, 3.05) is 19.2 Å². The average Bonchev–Trinajstić information content (AvgIpc) is 1.14. The van der Waals surface area contributed by atoms with E-state index in [2.05, 4.69) is 0 Å². The zero-order chi connectivity index (χ0) is 7.71. The van der Waals surface area contributed by atoms with E-state index >= 15 is 0 Å². The van der Waals surface area contributed by atoms with Crippen molar-refractivity contribution >= 4 is 15.4 Å². The van der Waals surface area contributed by atoms with Crippen molar-refractivity contribution in [2.24, 2.45) is 0 Å². The Morgan fingerprint density at radius 2 is 1.00 bits per heavy atom. The minimum atomic E-state index is -3.86. The standard InChI is InChI=1S/C3H10O4P2.2Zn/c1-8(4,5)3-9(2,6)7;;/h8-9H,3H2,1-2H3;;/q-4;2*+2. The quantitative estimate of drug-likeness (QED) is 0.397. The van der Waals surface area contributed by atoms with Crippen molar-refractivity contribution in [1.82, 2.24) is 0 Å². The molecule has 0 atom stereocenters. The molecular formula is C3H10O4P2Zn2. The van der Waals surface area contributed by atoms with Crippen molar-refractivity contribution in [3.05, 3.63) is 0 Å². The summed E-state index contributed by atoms with van der Waals surface area (Å²) in [5, 5.41) is 0. The fourth-order valence-corrected chi connectivity index (χ4v) is 5.25. The molecule has 0 saturated carbocycles. The Hall–Kier alpha value is 1.95. The Balaban J connectivity index is -0.000000320. The van der Waals surface area contributed by atoms with Crippen LogP contribution in [0.4, 0.5) is 0 Å². The molecule has 0 aliphatic carbocycles. The molecule has 0 bridgehead atoms. The van der Waals surface area contributed by atoms with E-state index in [1.807, 2.05) is 0 Å². The topological polar surface area (TPSA) is 92.2 Å². The van der Waals surface area contributed by atoms with Gasteiger partial charge in [-0.05, 0) is 0 Å². The van der Waals surface area contributed by atoms with Crippen LogP contribution in [0.1, 0.15) is 0 Å². The monoisotopic (exact) mass is 300 g/mol. The van der Waals surface area contributed by atoms with Gasteiger partial charge in [-0.15, -0.1) is 0 Å². The smallest absolute Gasteiger partial charge is 2.00 e. The molecule has 0 N–H and O–H groups in total. The van der Waals surface area contributed by atoms with Gasteiger partial charge in [-0.1, -0.05) is 0 Å². The molecule has 0 aromatic rings. The van der Waals surface area contributed by atoms with E-state index < -0.39 is 21.3 Å². The molecular weight excluding hydrogens is 293 g/mol. The van der Waals surface area contributed by atoms with Gasteiger partial charge in [0.05, 0.1) is 0 Å². The maximum atomic E-state index is 10.3. The molecule has 0 saturated heterocycles. The van der Waals surface area contributed by atoms with Crippen LogP contribution in [0.25, 0.3) is 0 Å². The number of hydrogen-bond acceptors (Lipinski definition) is 4. The molecule has 11 heavy (non-hydrogen) atoms. The number of hydrogen-bond donors (Lipinski definition) is 0. The molecule has 0 aromatic heterocycles. The normalized spacial score (nSPS) is 14.4. The van der Waals surface area contributed by atoms with Crippen molar-refractivity contribution in [3.8, 4) is 0 Å². The van der Waals surface area contributed by atoms with Crippen LogP contribution in [0.5, 0.6) is 0 Å². The zero-order valence-corrected chi connectivity index (χ0v) is 14.7. The van der Waals surface area contributed by atoms with Crippen LogP contribution in [-0.4, -0.2) is 19.2 Å². The Morgan fingerprint density at radius 1 is 0.818 bits per heavy atom. The fraction of sp³-hybridized carbons (Fsp3) is 1.00. The van der Waals surface area contributed by atoms with Gasteiger partial charge in [0, 0.05) is 0 Å². The maximum absolute atomic E-state index is 10.3. The summed E-state index contributed by atoms with van der Waals surface area (Å²) < 4.78 is 0. The van der Waals surface area contributed by atoms with E-state index in [-0.39, 0.29) is 39.0 Å². The van der Waals surface area contributed by atoms with Gasteiger partial charge in [0.25, 0.3) is 0 Å². The van der Waals surface area contributed by atoms with Crippen LogP contribution in [-0.2, 0) is 39.0 Å². The van der Waals surface area contributed by atoms with E-state index in [1.165, 1.54) is 0 Å². The van der Waals surface area contributed by atoms with Crippen molar-refractivity contribution in [1.29, 1.82) is 0 Å². The third kappa shape index (κ3) is 18.7. The summed E-state index contributed by atoms with van der Waals surface area (Å²) in [6.07, 6.45) is 0. The van der Waals surface area contributed by atoms with E-state index in [4.69, 9.17) is 0 Å². The molecule has 0 heterocycles. The molecule has 8 heteroatoms. The Labute approximate surface area is 92.9 Å². The Kier molecular flexibility index (Phi) is 10.9. The first-order chi connectivity index (χ1) is 3.71. The van der Waals surface area contributed by atoms with E-state index in [1.54, 1.807) is 0 Å². The summed E-state index contributed by atoms with van der Waals surface area (Å²) >= 11 is 0. The molecule has 0 aromatic carbocycles. The second-order valence-electron chi connectivity index (χ2n) is 2.44. The van der Waals surface area contributed by atoms with Crippen LogP contribution in [0.2, 0.25) is 0 Å². The Bertz CT molecular complexity index is 86.5. The molecule has 0 radical (unpaired) electrons. The minimum absolute atomic E-state index is 0. The molecule has 0 aliphatic rings. The molecule has 0 unspecified atom stereocenters. The summed E-state index contributed by atoms with van der Waals surface area (Å²) in [6, 6.07) is 0. The van der Waals surface area contributed by atoms with Crippen molar-refractivity contribution in [2.45, 2.75) is 0 Å². The summed E-state index contributed by atoms with van der Waals surface area (Å²) in [7, 11) is -7.71. The van der Waals surface area contributed by atoms with Gasteiger partial charge in [-0.2, -0.15) is 0 Å². The summed E-state index contributed by atoms with van der Waals surface area (Å²) in [5.41, 5.74) is 0. The molecule has 60 valence electrons. The first kappa shape index (κ1) is 18.7. The van der Waals surface area contributed by atoms with E-state index in [0.29, 0.717) is 0 Å². The first-order valence-corrected chi connectivity index (χ1v) is 7.57. The maximum Gasteiger partial charge on any atom is 2.00 e. The minimum Gasteiger partial charge on any atom is 2.00 e. The third-order valence-electron chi connectivity index (χ3n) is 0.642. The van der Waals surface area contributed by atoms with Gasteiger partial charge < -0.3 is 0 Å². The van der Waals surface area contributed by atoms with Gasteiger partial charge in [0.15, 0.2) is 0 Å². The first-order valence-electron chi connectivity index (χ1n) is 2.52. The van der Waals surface area contributed by atoms with Gasteiger partial charge in [0.2, 0.25) is 0 Å². The molecule has 4 nitrogen and oxygen atoms in total. The predicted molar refractivity (Wildman–Crippen MR) is 33.3 cm³/mol. The molecule has 0 spiro atoms. The van der Waals surface area contributed by atoms with Crippen molar-refractivity contribution < 1.29 is 58.5 Å². The summed E-state index contributed by atoms with van der Waals surface area (Å²) in [6.45, 7) is 1.90. The van der Waals surface area contributed by atoms with Gasteiger partial charge in [0.1, 0.15) is 0 Å². The molecule has 0 aliphatic heterocycles. The van der Waals surface area contributed by atoms with Crippen LogP contribution in [0, 0.1) is 0 Å². The molecule has 0 fully saturated rings. The van der Waals surface area contributed by atoms with Gasteiger partial charge in [-0.3, -0.25) is 0 Å². The van der Waals surface area contributed by atoms with Crippen LogP contribution < -0.4 is 19.6 Å². The average molecular weight is 303 g/mol. The fourth-order valence-electron chi connectivity index (χ4n) is 0.583. The third-order valence-corrected chi connectivity index (χ3v) is 5.78. The Morgan fingerprint density at radius 3 is 1.00 bits per heavy atom. The largest absolute Gasteiger partial charge is 2.00 e. The van der Waals surface area contributed by atoms with Crippen LogP contribution in [0.3, 0.4) is 0 Å². The number of rotatable bonds is 2. The zero-order valence-electron chi connectivity index (χ0n) is 6.75. The van der Waals surface area contributed by atoms with Crippen LogP contribution >= 0.6 is 15.4 Å².